The van der Waals surface area contributed by atoms with Gasteiger partial charge in [-0.15, -0.1) is 24.0 Å². The van der Waals surface area contributed by atoms with Gasteiger partial charge in [-0.1, -0.05) is 19.9 Å². The first-order chi connectivity index (χ1) is 12.0. The van der Waals surface area contributed by atoms with E-state index in [9.17, 15) is 5.11 Å². The molecule has 0 unspecified atom stereocenters. The predicted octanol–water partition coefficient (Wildman–Crippen LogP) is 3.01. The van der Waals surface area contributed by atoms with Crippen LogP contribution in [0.5, 0.6) is 0 Å². The second kappa shape index (κ2) is 13.1. The highest BCUT2D eigenvalue weighted by atomic mass is 127. The zero-order valence-electron chi connectivity index (χ0n) is 16.9. The van der Waals surface area contributed by atoms with Crippen LogP contribution in [0.4, 0.5) is 5.82 Å². The van der Waals surface area contributed by atoms with Crippen molar-refractivity contribution >= 4 is 35.8 Å². The van der Waals surface area contributed by atoms with Crippen molar-refractivity contribution in [3.05, 3.63) is 23.9 Å². The average Bonchev–Trinajstić information content (AvgIpc) is 2.63. The third kappa shape index (κ3) is 7.65. The molecule has 7 heteroatoms. The molecule has 1 aromatic rings. The van der Waals surface area contributed by atoms with Gasteiger partial charge >= 0.3 is 0 Å². The van der Waals surface area contributed by atoms with Gasteiger partial charge in [-0.2, -0.15) is 0 Å². The lowest BCUT2D eigenvalue weighted by atomic mass is 9.79. The molecule has 0 radical (unpaired) electrons. The van der Waals surface area contributed by atoms with Gasteiger partial charge in [0, 0.05) is 45.6 Å². The first-order valence-corrected chi connectivity index (χ1v) is 9.26. The lowest BCUT2D eigenvalue weighted by Crippen LogP contribution is -2.43. The van der Waals surface area contributed by atoms with Gasteiger partial charge < -0.3 is 20.6 Å². The summed E-state index contributed by atoms with van der Waals surface area (Å²) in [6, 6.07) is 4.00. The molecule has 0 spiro atoms. The van der Waals surface area contributed by atoms with E-state index in [1.165, 1.54) is 0 Å². The molecule has 1 aromatic heterocycles. The second-order valence-electron chi connectivity index (χ2n) is 6.61. The van der Waals surface area contributed by atoms with E-state index in [0.29, 0.717) is 6.54 Å². The smallest absolute Gasteiger partial charge is 0.191 e. The second-order valence-corrected chi connectivity index (χ2v) is 6.61. The molecule has 0 amide bonds. The summed E-state index contributed by atoms with van der Waals surface area (Å²) < 4.78 is 0. The lowest BCUT2D eigenvalue weighted by molar-refractivity contribution is 0.169. The zero-order valence-corrected chi connectivity index (χ0v) is 19.2. The summed E-state index contributed by atoms with van der Waals surface area (Å²) in [6.45, 7) is 8.84. The molecular weight excluding hydrogens is 441 g/mol. The van der Waals surface area contributed by atoms with E-state index in [1.807, 2.05) is 25.1 Å². The van der Waals surface area contributed by atoms with Crippen LogP contribution in [0.25, 0.3) is 0 Å². The number of nitrogens with zero attached hydrogens (tertiary/aromatic N) is 3. The van der Waals surface area contributed by atoms with Crippen LogP contribution in [-0.2, 0) is 6.54 Å². The van der Waals surface area contributed by atoms with E-state index in [-0.39, 0.29) is 36.0 Å². The van der Waals surface area contributed by atoms with Crippen molar-refractivity contribution in [2.45, 2.75) is 46.6 Å². The molecule has 1 rings (SSSR count). The summed E-state index contributed by atoms with van der Waals surface area (Å²) >= 11 is 0. The third-order valence-electron chi connectivity index (χ3n) is 4.82. The van der Waals surface area contributed by atoms with Crippen molar-refractivity contribution in [3.8, 4) is 0 Å². The molecule has 0 aromatic carbocycles. The van der Waals surface area contributed by atoms with Gasteiger partial charge in [-0.25, -0.2) is 9.98 Å². The third-order valence-corrected chi connectivity index (χ3v) is 4.82. The predicted molar refractivity (Wildman–Crippen MR) is 122 cm³/mol. The molecule has 6 nitrogen and oxygen atoms in total. The molecule has 0 bridgehead atoms. The number of aliphatic hydroxyl groups excluding tert-OH is 1. The van der Waals surface area contributed by atoms with Crippen molar-refractivity contribution in [3.63, 3.8) is 0 Å². The van der Waals surface area contributed by atoms with Crippen LogP contribution < -0.4 is 15.5 Å². The van der Waals surface area contributed by atoms with Crippen LogP contribution in [0.3, 0.4) is 0 Å². The molecule has 0 aliphatic heterocycles. The highest BCUT2D eigenvalue weighted by molar-refractivity contribution is 14.0. The molecule has 1 heterocycles. The normalized spacial score (nSPS) is 11.7. The van der Waals surface area contributed by atoms with Crippen LogP contribution in [0.15, 0.2) is 23.3 Å². The number of aliphatic imine (C=N–C) groups is 1. The quantitative estimate of drug-likeness (QED) is 0.275. The number of hydrogen-bond acceptors (Lipinski definition) is 4. The Balaban J connectivity index is 0.00000625. The number of aromatic nitrogens is 1. The van der Waals surface area contributed by atoms with Gasteiger partial charge in [0.2, 0.25) is 0 Å². The van der Waals surface area contributed by atoms with Crippen LogP contribution in [0.1, 0.15) is 45.6 Å². The van der Waals surface area contributed by atoms with E-state index in [1.54, 1.807) is 6.20 Å². The Kier molecular flexibility index (Phi) is 12.6. The summed E-state index contributed by atoms with van der Waals surface area (Å²) in [5, 5.41) is 16.1. The van der Waals surface area contributed by atoms with Crippen molar-refractivity contribution < 1.29 is 5.11 Å². The Hall–Kier alpha value is -1.09. The summed E-state index contributed by atoms with van der Waals surface area (Å²) in [5.74, 6) is 1.75. The maximum Gasteiger partial charge on any atom is 0.191 e. The Morgan fingerprint density at radius 3 is 2.46 bits per heavy atom. The number of guanidine groups is 1. The molecule has 3 N–H and O–H groups in total. The number of aliphatic hydroxyl groups is 1. The van der Waals surface area contributed by atoms with E-state index >= 15 is 0 Å². The maximum absolute atomic E-state index is 9.38. The van der Waals surface area contributed by atoms with Crippen LogP contribution in [0.2, 0.25) is 0 Å². The fourth-order valence-electron chi connectivity index (χ4n) is 2.91. The molecule has 0 fully saturated rings. The summed E-state index contributed by atoms with van der Waals surface area (Å²) in [5.41, 5.74) is 1.20. The summed E-state index contributed by atoms with van der Waals surface area (Å²) in [7, 11) is 3.98. The topological polar surface area (TPSA) is 72.8 Å². The van der Waals surface area contributed by atoms with E-state index in [4.69, 9.17) is 4.99 Å². The van der Waals surface area contributed by atoms with Gasteiger partial charge in [0.15, 0.2) is 5.96 Å². The number of rotatable bonds is 10. The van der Waals surface area contributed by atoms with Gasteiger partial charge in [-0.05, 0) is 37.7 Å². The SMILES string of the molecule is CCNC(=NCc1cccnc1N(C)C)NCC(CC)(CC)CCO.I. The molecular formula is C19H36IN5O. The number of anilines is 1. The van der Waals surface area contributed by atoms with Crippen LogP contribution in [-0.4, -0.2) is 49.8 Å². The molecule has 0 aliphatic carbocycles. The van der Waals surface area contributed by atoms with Crippen molar-refractivity contribution in [1.29, 1.82) is 0 Å². The van der Waals surface area contributed by atoms with Gasteiger partial charge in [0.1, 0.15) is 5.82 Å². The Morgan fingerprint density at radius 2 is 1.92 bits per heavy atom. The monoisotopic (exact) mass is 477 g/mol. The largest absolute Gasteiger partial charge is 0.396 e. The highest BCUT2D eigenvalue weighted by Gasteiger charge is 2.25. The maximum atomic E-state index is 9.38. The minimum Gasteiger partial charge on any atom is -0.396 e. The number of halogens is 1. The van der Waals surface area contributed by atoms with E-state index in [2.05, 4.69) is 42.5 Å². The number of pyridine rings is 1. The molecule has 0 saturated carbocycles. The Morgan fingerprint density at radius 1 is 1.23 bits per heavy atom. The fraction of sp³-hybridized carbons (Fsp3) is 0.684. The number of hydrogen-bond donors (Lipinski definition) is 3. The van der Waals surface area contributed by atoms with Crippen molar-refractivity contribution in [1.82, 2.24) is 15.6 Å². The average molecular weight is 477 g/mol. The zero-order chi connectivity index (χ0) is 18.7. The summed E-state index contributed by atoms with van der Waals surface area (Å²) in [6.07, 6.45) is 4.67. The Labute approximate surface area is 175 Å². The van der Waals surface area contributed by atoms with Gasteiger partial charge in [0.25, 0.3) is 0 Å². The minimum atomic E-state index is 0. The molecule has 0 saturated heterocycles. The van der Waals surface area contributed by atoms with Gasteiger partial charge in [-0.3, -0.25) is 0 Å². The molecule has 26 heavy (non-hydrogen) atoms. The van der Waals surface area contributed by atoms with Crippen molar-refractivity contribution in [2.75, 3.05) is 38.7 Å². The standard InChI is InChI=1S/C19H35N5O.HI/c1-6-19(7-2,11-13-25)15-23-18(20-8-3)22-14-16-10-9-12-21-17(16)24(4)5;/h9-10,12,25H,6-8,11,13-15H2,1-5H3,(H2,20,22,23);1H. The van der Waals surface area contributed by atoms with E-state index < -0.39 is 0 Å². The first-order valence-electron chi connectivity index (χ1n) is 9.26. The highest BCUT2D eigenvalue weighted by Crippen LogP contribution is 2.29. The van der Waals surface area contributed by atoms with Gasteiger partial charge in [0.05, 0.1) is 6.54 Å². The van der Waals surface area contributed by atoms with Crippen molar-refractivity contribution in [2.24, 2.45) is 10.4 Å². The molecule has 0 atom stereocenters. The molecule has 150 valence electrons. The van der Waals surface area contributed by atoms with Crippen LogP contribution >= 0.6 is 24.0 Å². The first kappa shape index (κ1) is 24.9. The van der Waals surface area contributed by atoms with Crippen LogP contribution in [0, 0.1) is 5.41 Å². The number of nitrogens with one attached hydrogen (secondary N) is 2. The minimum absolute atomic E-state index is 0. The Bertz CT molecular complexity index is 532. The summed E-state index contributed by atoms with van der Waals surface area (Å²) in [4.78, 5) is 11.2. The van der Waals surface area contributed by atoms with E-state index in [0.717, 1.165) is 49.7 Å². The fourth-order valence-corrected chi connectivity index (χ4v) is 2.91. The lowest BCUT2D eigenvalue weighted by Gasteiger charge is -2.32. The molecule has 0 aliphatic rings.